The third-order valence-corrected chi connectivity index (χ3v) is 5.40. The molecular weight excluding hydrogens is 388 g/mol. The number of unbranched alkanes of at least 4 members (excludes halogenated alkanes) is 8. The summed E-state index contributed by atoms with van der Waals surface area (Å²) < 4.78 is 6.84. The highest BCUT2D eigenvalue weighted by molar-refractivity contribution is 5.56. The molecule has 1 aromatic heterocycles. The molecule has 0 saturated carbocycles. The van der Waals surface area contributed by atoms with Gasteiger partial charge < -0.3 is 9.72 Å². The highest BCUT2D eigenvalue weighted by atomic mass is 16.5. The molecule has 1 heterocycles. The largest absolute Gasteiger partial charge is 0.496 e. The molecule has 0 saturated heterocycles. The van der Waals surface area contributed by atoms with Crippen molar-refractivity contribution in [1.82, 2.24) is 9.55 Å². The van der Waals surface area contributed by atoms with Gasteiger partial charge in [0.15, 0.2) is 0 Å². The van der Waals surface area contributed by atoms with Crippen LogP contribution in [0.25, 0.3) is 12.2 Å². The fourth-order valence-electron chi connectivity index (χ4n) is 3.67. The van der Waals surface area contributed by atoms with E-state index in [1.54, 1.807) is 19.3 Å². The van der Waals surface area contributed by atoms with Gasteiger partial charge in [-0.15, -0.1) is 6.58 Å². The van der Waals surface area contributed by atoms with Crippen molar-refractivity contribution >= 4 is 12.2 Å². The van der Waals surface area contributed by atoms with E-state index in [-0.39, 0.29) is 17.7 Å². The van der Waals surface area contributed by atoms with Crippen LogP contribution in [-0.4, -0.2) is 16.7 Å². The van der Waals surface area contributed by atoms with Crippen LogP contribution < -0.4 is 26.6 Å². The normalized spacial score (nSPS) is 12.3. The minimum absolute atomic E-state index is 0.208. The molecule has 0 amide bonds. The topological polar surface area (TPSA) is 64.1 Å². The Balaban J connectivity index is 2.22. The van der Waals surface area contributed by atoms with E-state index in [0.29, 0.717) is 16.4 Å². The minimum Gasteiger partial charge on any atom is -0.496 e. The Labute approximate surface area is 184 Å². The Bertz CT molecular complexity index is 1060. The number of ether oxygens (including phenoxy) is 1. The molecule has 5 nitrogen and oxygen atoms in total. The summed E-state index contributed by atoms with van der Waals surface area (Å²) in [6.07, 6.45) is 15.8. The van der Waals surface area contributed by atoms with Gasteiger partial charge in [-0.25, -0.2) is 0 Å². The summed E-state index contributed by atoms with van der Waals surface area (Å²) in [6.45, 7) is 6.23. The van der Waals surface area contributed by atoms with Crippen LogP contribution in [0.5, 0.6) is 5.75 Å². The first-order chi connectivity index (χ1) is 15.1. The maximum absolute atomic E-state index is 13.0. The standard InChI is InChI=1S/C26H36N2O3/c1-4-6-7-8-9-10-11-12-13-17-22-26(30)28(19-5-2)23(25(29)27-22)20-21-16-14-15-18-24(21)31-3/h5,14-18,20H,2,4,6-13,19H2,1,3H3,(H,27,29)/b22-17-,23-20-. The number of nitrogens with zero attached hydrogens (tertiary/aromatic N) is 1. The molecule has 0 unspecified atom stereocenters. The summed E-state index contributed by atoms with van der Waals surface area (Å²) in [7, 11) is 1.58. The number of methoxy groups -OCH3 is 1. The number of aromatic amines is 1. The lowest BCUT2D eigenvalue weighted by molar-refractivity contribution is 0.414. The lowest BCUT2D eigenvalue weighted by atomic mass is 10.1. The van der Waals surface area contributed by atoms with Gasteiger partial charge in [-0.3, -0.25) is 14.2 Å². The van der Waals surface area contributed by atoms with Crippen LogP contribution >= 0.6 is 0 Å². The molecule has 31 heavy (non-hydrogen) atoms. The average Bonchev–Trinajstić information content (AvgIpc) is 2.78. The van der Waals surface area contributed by atoms with Crippen molar-refractivity contribution in [3.63, 3.8) is 0 Å². The fourth-order valence-corrected chi connectivity index (χ4v) is 3.67. The molecule has 0 radical (unpaired) electrons. The second-order valence-electron chi connectivity index (χ2n) is 7.81. The van der Waals surface area contributed by atoms with Crippen molar-refractivity contribution in [2.24, 2.45) is 0 Å². The molecule has 0 atom stereocenters. The van der Waals surface area contributed by atoms with Crippen molar-refractivity contribution in [2.75, 3.05) is 7.11 Å². The number of hydrogen-bond donors (Lipinski definition) is 1. The van der Waals surface area contributed by atoms with Crippen molar-refractivity contribution in [3.05, 3.63) is 73.9 Å². The van der Waals surface area contributed by atoms with Gasteiger partial charge >= 0.3 is 0 Å². The van der Waals surface area contributed by atoms with Gasteiger partial charge in [0.25, 0.3) is 11.1 Å². The quantitative estimate of drug-likeness (QED) is 0.392. The molecule has 2 rings (SSSR count). The van der Waals surface area contributed by atoms with Crippen LogP contribution in [0.3, 0.4) is 0 Å². The summed E-state index contributed by atoms with van der Waals surface area (Å²) in [5, 5.41) is 0.644. The number of hydrogen-bond acceptors (Lipinski definition) is 3. The van der Waals surface area contributed by atoms with Gasteiger partial charge in [0.1, 0.15) is 16.4 Å². The summed E-state index contributed by atoms with van der Waals surface area (Å²) in [4.78, 5) is 28.6. The van der Waals surface area contributed by atoms with E-state index in [1.165, 1.54) is 43.1 Å². The SMILES string of the molecule is C=CCn1c(=O)/c(=C/CCCCCCCCCC)[nH]c(=O)/c1=C/c1ccccc1OC. The average molecular weight is 425 g/mol. The number of H-pyrrole nitrogens is 1. The molecule has 0 bridgehead atoms. The molecule has 1 N–H and O–H groups in total. The van der Waals surface area contributed by atoms with E-state index < -0.39 is 0 Å². The van der Waals surface area contributed by atoms with Gasteiger partial charge in [0.05, 0.1) is 7.11 Å². The molecule has 0 fully saturated rings. The number of rotatable bonds is 13. The maximum Gasteiger partial charge on any atom is 0.274 e. The van der Waals surface area contributed by atoms with Gasteiger partial charge in [-0.2, -0.15) is 0 Å². The Hall–Kier alpha value is -2.82. The van der Waals surface area contributed by atoms with Crippen LogP contribution in [0, 0.1) is 0 Å². The monoisotopic (exact) mass is 424 g/mol. The highest BCUT2D eigenvalue weighted by Gasteiger charge is 2.06. The van der Waals surface area contributed by atoms with E-state index in [1.807, 2.05) is 30.3 Å². The van der Waals surface area contributed by atoms with Crippen molar-refractivity contribution in [2.45, 2.75) is 71.3 Å². The molecule has 1 aromatic carbocycles. The van der Waals surface area contributed by atoms with Crippen LogP contribution in [0.4, 0.5) is 0 Å². The van der Waals surface area contributed by atoms with Crippen molar-refractivity contribution < 1.29 is 4.74 Å². The number of para-hydroxylation sites is 1. The number of nitrogens with one attached hydrogen (secondary N) is 1. The van der Waals surface area contributed by atoms with Crippen molar-refractivity contribution in [1.29, 1.82) is 0 Å². The Morgan fingerprint density at radius 2 is 1.71 bits per heavy atom. The third-order valence-electron chi connectivity index (χ3n) is 5.40. The van der Waals surface area contributed by atoms with Crippen LogP contribution in [0.1, 0.15) is 70.3 Å². The van der Waals surface area contributed by atoms with Gasteiger partial charge in [0, 0.05) is 12.1 Å². The number of allylic oxidation sites excluding steroid dienone is 1. The predicted octanol–water partition coefficient (Wildman–Crippen LogP) is 3.87. The molecule has 5 heteroatoms. The number of aromatic nitrogens is 2. The Morgan fingerprint density at radius 3 is 2.39 bits per heavy atom. The molecular formula is C26H36N2O3. The summed E-state index contributed by atoms with van der Waals surface area (Å²) in [5.41, 5.74) is 0.234. The fraction of sp³-hybridized carbons (Fsp3) is 0.462. The van der Waals surface area contributed by atoms with E-state index in [9.17, 15) is 9.59 Å². The predicted molar refractivity (Wildman–Crippen MR) is 129 cm³/mol. The van der Waals surface area contributed by atoms with Gasteiger partial charge in [0.2, 0.25) is 0 Å². The zero-order valence-corrected chi connectivity index (χ0v) is 19.0. The first-order valence-electron chi connectivity index (χ1n) is 11.4. The summed E-state index contributed by atoms with van der Waals surface area (Å²) in [5.74, 6) is 0.643. The smallest absolute Gasteiger partial charge is 0.274 e. The number of benzene rings is 1. The summed E-state index contributed by atoms with van der Waals surface area (Å²) in [6, 6.07) is 7.40. The third kappa shape index (κ3) is 7.42. The second-order valence-corrected chi connectivity index (χ2v) is 7.81. The Morgan fingerprint density at radius 1 is 1.03 bits per heavy atom. The van der Waals surface area contributed by atoms with Gasteiger partial charge in [-0.05, 0) is 25.0 Å². The second kappa shape index (κ2) is 13.5. The van der Waals surface area contributed by atoms with Crippen LogP contribution in [0.2, 0.25) is 0 Å². The molecule has 0 aliphatic heterocycles. The van der Waals surface area contributed by atoms with Gasteiger partial charge in [-0.1, -0.05) is 82.2 Å². The maximum atomic E-state index is 13.0. The van der Waals surface area contributed by atoms with E-state index in [0.717, 1.165) is 24.8 Å². The van der Waals surface area contributed by atoms with E-state index in [2.05, 4.69) is 18.5 Å². The molecule has 168 valence electrons. The van der Waals surface area contributed by atoms with Crippen molar-refractivity contribution in [3.8, 4) is 5.75 Å². The van der Waals surface area contributed by atoms with Crippen LogP contribution in [0.15, 0.2) is 46.5 Å². The lowest BCUT2D eigenvalue weighted by Gasteiger charge is -2.06. The zero-order valence-electron chi connectivity index (χ0n) is 19.0. The zero-order chi connectivity index (χ0) is 22.5. The first kappa shape index (κ1) is 24.4. The molecule has 0 aliphatic carbocycles. The highest BCUT2D eigenvalue weighted by Crippen LogP contribution is 2.17. The van der Waals surface area contributed by atoms with E-state index >= 15 is 0 Å². The van der Waals surface area contributed by atoms with E-state index in [4.69, 9.17) is 4.74 Å². The molecule has 0 aliphatic rings. The summed E-state index contributed by atoms with van der Waals surface area (Å²) >= 11 is 0. The molecule has 2 aromatic rings. The molecule has 0 spiro atoms. The minimum atomic E-state index is -0.297. The Kier molecular flexibility index (Phi) is 10.6. The first-order valence-corrected chi connectivity index (χ1v) is 11.4. The van der Waals surface area contributed by atoms with Crippen LogP contribution in [-0.2, 0) is 6.54 Å². The lowest BCUT2D eigenvalue weighted by Crippen LogP contribution is -2.53.